The van der Waals surface area contributed by atoms with Crippen molar-refractivity contribution in [2.24, 2.45) is 0 Å². The maximum atomic E-state index is 12.3. The summed E-state index contributed by atoms with van der Waals surface area (Å²) in [6, 6.07) is 10.6. The van der Waals surface area contributed by atoms with E-state index in [0.29, 0.717) is 33.6 Å². The summed E-state index contributed by atoms with van der Waals surface area (Å²) in [7, 11) is 3.01. The van der Waals surface area contributed by atoms with Gasteiger partial charge in [0.05, 0.1) is 30.1 Å². The van der Waals surface area contributed by atoms with Crippen molar-refractivity contribution < 1.29 is 18.8 Å². The monoisotopic (exact) mass is 327 g/mol. The Bertz CT molecular complexity index is 975. The summed E-state index contributed by atoms with van der Waals surface area (Å²) in [6.07, 6.45) is 0. The van der Waals surface area contributed by atoms with Crippen LogP contribution in [0.1, 0.15) is 0 Å². The van der Waals surface area contributed by atoms with Crippen LogP contribution in [-0.4, -0.2) is 19.1 Å². The molecule has 0 spiro atoms. The highest BCUT2D eigenvalue weighted by molar-refractivity contribution is 5.88. The molecule has 0 atom stereocenters. The molecule has 0 aliphatic rings. The number of nitro groups is 1. The Hall–Kier alpha value is -3.35. The van der Waals surface area contributed by atoms with Gasteiger partial charge in [-0.25, -0.2) is 4.79 Å². The summed E-state index contributed by atoms with van der Waals surface area (Å²) in [6.45, 7) is 0. The standard InChI is InChI=1S/C17H13NO6/c1-22-12-7-15(23-2)14-9-13(17(19)24-16(14)8-12)10-3-5-11(6-4-10)18(20)21/h3-9H,1-2H3. The van der Waals surface area contributed by atoms with Crippen molar-refractivity contribution in [2.75, 3.05) is 14.2 Å². The molecule has 1 aromatic heterocycles. The van der Waals surface area contributed by atoms with E-state index in [9.17, 15) is 14.9 Å². The lowest BCUT2D eigenvalue weighted by atomic mass is 10.1. The van der Waals surface area contributed by atoms with Crippen LogP contribution >= 0.6 is 0 Å². The SMILES string of the molecule is COc1cc(OC)c2cc(-c3ccc([N+](=O)[O-])cc3)c(=O)oc2c1. The summed E-state index contributed by atoms with van der Waals surface area (Å²) < 4.78 is 15.8. The molecule has 122 valence electrons. The van der Waals surface area contributed by atoms with E-state index in [1.807, 2.05) is 0 Å². The first kappa shape index (κ1) is 15.5. The fraction of sp³-hybridized carbons (Fsp3) is 0.118. The van der Waals surface area contributed by atoms with E-state index >= 15 is 0 Å². The molecule has 0 saturated carbocycles. The second kappa shape index (κ2) is 6.04. The van der Waals surface area contributed by atoms with E-state index in [4.69, 9.17) is 13.9 Å². The first-order valence-corrected chi connectivity index (χ1v) is 6.98. The lowest BCUT2D eigenvalue weighted by Gasteiger charge is -2.09. The maximum Gasteiger partial charge on any atom is 0.344 e. The van der Waals surface area contributed by atoms with Crippen molar-refractivity contribution in [1.82, 2.24) is 0 Å². The second-order valence-corrected chi connectivity index (χ2v) is 4.99. The van der Waals surface area contributed by atoms with Gasteiger partial charge in [-0.3, -0.25) is 10.1 Å². The van der Waals surface area contributed by atoms with Crippen LogP contribution in [0.15, 0.2) is 51.7 Å². The normalized spacial score (nSPS) is 10.6. The molecular formula is C17H13NO6. The van der Waals surface area contributed by atoms with Crippen molar-refractivity contribution in [3.8, 4) is 22.6 Å². The number of hydrogen-bond acceptors (Lipinski definition) is 6. The third-order valence-electron chi connectivity index (χ3n) is 3.63. The molecule has 0 bridgehead atoms. The van der Waals surface area contributed by atoms with Crippen molar-refractivity contribution in [3.05, 3.63) is 63.0 Å². The predicted molar refractivity (Wildman–Crippen MR) is 87.7 cm³/mol. The molecule has 0 saturated heterocycles. The second-order valence-electron chi connectivity index (χ2n) is 4.99. The van der Waals surface area contributed by atoms with E-state index in [1.165, 1.54) is 38.5 Å². The van der Waals surface area contributed by atoms with Gasteiger partial charge in [-0.05, 0) is 23.8 Å². The minimum absolute atomic E-state index is 0.0498. The minimum atomic E-state index is -0.549. The van der Waals surface area contributed by atoms with Gasteiger partial charge in [0.25, 0.3) is 5.69 Å². The fourth-order valence-corrected chi connectivity index (χ4v) is 2.41. The van der Waals surface area contributed by atoms with Crippen LogP contribution in [0.25, 0.3) is 22.1 Å². The number of rotatable bonds is 4. The summed E-state index contributed by atoms with van der Waals surface area (Å²) in [5, 5.41) is 11.3. The number of ether oxygens (including phenoxy) is 2. The first-order chi connectivity index (χ1) is 11.5. The topological polar surface area (TPSA) is 91.8 Å². The van der Waals surface area contributed by atoms with Crippen molar-refractivity contribution in [2.45, 2.75) is 0 Å². The third kappa shape index (κ3) is 2.67. The van der Waals surface area contributed by atoms with Gasteiger partial charge in [0.2, 0.25) is 0 Å². The predicted octanol–water partition coefficient (Wildman–Crippen LogP) is 3.39. The molecule has 0 radical (unpaired) electrons. The lowest BCUT2D eigenvalue weighted by molar-refractivity contribution is -0.384. The number of nitro benzene ring substituents is 1. The molecule has 1 heterocycles. The summed E-state index contributed by atoms with van der Waals surface area (Å²) in [4.78, 5) is 22.5. The summed E-state index contributed by atoms with van der Waals surface area (Å²) in [5.41, 5.74) is 0.551. The largest absolute Gasteiger partial charge is 0.496 e. The molecule has 2 aromatic carbocycles. The molecule has 0 aliphatic heterocycles. The fourth-order valence-electron chi connectivity index (χ4n) is 2.41. The molecular weight excluding hydrogens is 314 g/mol. The molecule has 3 aromatic rings. The molecule has 0 N–H and O–H groups in total. The zero-order valence-corrected chi connectivity index (χ0v) is 12.9. The molecule has 0 aliphatic carbocycles. The van der Waals surface area contributed by atoms with E-state index in [1.54, 1.807) is 18.2 Å². The summed E-state index contributed by atoms with van der Waals surface area (Å²) in [5.74, 6) is 1.00. The van der Waals surface area contributed by atoms with Crippen LogP contribution < -0.4 is 15.1 Å². The Morgan fingerprint density at radius 2 is 1.75 bits per heavy atom. The van der Waals surface area contributed by atoms with Crippen molar-refractivity contribution >= 4 is 16.7 Å². The molecule has 0 unspecified atom stereocenters. The van der Waals surface area contributed by atoms with Gasteiger partial charge >= 0.3 is 5.63 Å². The van der Waals surface area contributed by atoms with Crippen molar-refractivity contribution in [1.29, 1.82) is 0 Å². The van der Waals surface area contributed by atoms with Crippen LogP contribution in [0.2, 0.25) is 0 Å². The van der Waals surface area contributed by atoms with Crippen molar-refractivity contribution in [3.63, 3.8) is 0 Å². The average molecular weight is 327 g/mol. The Morgan fingerprint density at radius 1 is 1.04 bits per heavy atom. The Labute approximate surface area is 136 Å². The maximum absolute atomic E-state index is 12.3. The summed E-state index contributed by atoms with van der Waals surface area (Å²) >= 11 is 0. The molecule has 7 heteroatoms. The number of benzene rings is 2. The van der Waals surface area contributed by atoms with Gasteiger partial charge < -0.3 is 13.9 Å². The minimum Gasteiger partial charge on any atom is -0.496 e. The lowest BCUT2D eigenvalue weighted by Crippen LogP contribution is -2.03. The zero-order valence-electron chi connectivity index (χ0n) is 12.9. The Morgan fingerprint density at radius 3 is 2.33 bits per heavy atom. The van der Waals surface area contributed by atoms with Crippen LogP contribution in [-0.2, 0) is 0 Å². The van der Waals surface area contributed by atoms with E-state index < -0.39 is 10.5 Å². The third-order valence-corrected chi connectivity index (χ3v) is 3.63. The number of methoxy groups -OCH3 is 2. The van der Waals surface area contributed by atoms with Gasteiger partial charge in [0.1, 0.15) is 17.1 Å². The number of nitrogens with zero attached hydrogens (tertiary/aromatic N) is 1. The van der Waals surface area contributed by atoms with E-state index in [2.05, 4.69) is 0 Å². The van der Waals surface area contributed by atoms with Gasteiger partial charge in [-0.2, -0.15) is 0 Å². The quantitative estimate of drug-likeness (QED) is 0.414. The van der Waals surface area contributed by atoms with E-state index in [0.717, 1.165) is 0 Å². The smallest absolute Gasteiger partial charge is 0.344 e. The number of hydrogen-bond donors (Lipinski definition) is 0. The highest BCUT2D eigenvalue weighted by atomic mass is 16.6. The molecule has 24 heavy (non-hydrogen) atoms. The average Bonchev–Trinajstić information content (AvgIpc) is 2.60. The van der Waals surface area contributed by atoms with E-state index in [-0.39, 0.29) is 5.69 Å². The highest BCUT2D eigenvalue weighted by Crippen LogP contribution is 2.32. The molecule has 7 nitrogen and oxygen atoms in total. The molecule has 0 fully saturated rings. The van der Waals surface area contributed by atoms with Gasteiger partial charge in [-0.1, -0.05) is 0 Å². The van der Waals surface area contributed by atoms with Gasteiger partial charge in [0, 0.05) is 24.3 Å². The van der Waals surface area contributed by atoms with Gasteiger partial charge in [0.15, 0.2) is 0 Å². The van der Waals surface area contributed by atoms with Gasteiger partial charge in [-0.15, -0.1) is 0 Å². The molecule has 3 rings (SSSR count). The highest BCUT2D eigenvalue weighted by Gasteiger charge is 2.14. The van der Waals surface area contributed by atoms with Crippen LogP contribution in [0.4, 0.5) is 5.69 Å². The molecule has 0 amide bonds. The Balaban J connectivity index is 2.20. The zero-order chi connectivity index (χ0) is 17.3. The Kier molecular flexibility index (Phi) is 3.91. The number of non-ortho nitro benzene ring substituents is 1. The first-order valence-electron chi connectivity index (χ1n) is 6.98. The van der Waals surface area contributed by atoms with Crippen LogP contribution in [0, 0.1) is 10.1 Å². The van der Waals surface area contributed by atoms with Crippen LogP contribution in [0.5, 0.6) is 11.5 Å². The van der Waals surface area contributed by atoms with Crippen LogP contribution in [0.3, 0.4) is 0 Å². The number of fused-ring (bicyclic) bond motifs is 1.